The Morgan fingerprint density at radius 1 is 1.35 bits per heavy atom. The molecular formula is C15H20ClF2N3O2. The molecule has 1 fully saturated rings. The molecule has 1 unspecified atom stereocenters. The molecule has 1 atom stereocenters. The van der Waals surface area contributed by atoms with Gasteiger partial charge in [-0.3, -0.25) is 0 Å². The van der Waals surface area contributed by atoms with Gasteiger partial charge >= 0.3 is 5.97 Å². The van der Waals surface area contributed by atoms with Crippen molar-refractivity contribution in [1.29, 1.82) is 0 Å². The molecule has 1 saturated heterocycles. The lowest BCUT2D eigenvalue weighted by molar-refractivity contribution is -0.00610. The van der Waals surface area contributed by atoms with Crippen molar-refractivity contribution in [3.8, 4) is 0 Å². The van der Waals surface area contributed by atoms with E-state index < -0.39 is 29.3 Å². The van der Waals surface area contributed by atoms with E-state index >= 15 is 0 Å². The summed E-state index contributed by atoms with van der Waals surface area (Å²) in [4.78, 5) is 22.1. The zero-order valence-corrected chi connectivity index (χ0v) is 14.1. The Morgan fingerprint density at radius 3 is 2.65 bits per heavy atom. The highest BCUT2D eigenvalue weighted by Crippen LogP contribution is 2.34. The van der Waals surface area contributed by atoms with Crippen molar-refractivity contribution >= 4 is 23.4 Å². The molecule has 0 N–H and O–H groups in total. The van der Waals surface area contributed by atoms with Crippen LogP contribution in [0, 0.1) is 0 Å². The fourth-order valence-electron chi connectivity index (χ4n) is 2.28. The van der Waals surface area contributed by atoms with Gasteiger partial charge in [0.25, 0.3) is 5.92 Å². The maximum atomic E-state index is 13.7. The first-order valence-corrected chi connectivity index (χ1v) is 7.85. The van der Waals surface area contributed by atoms with Crippen molar-refractivity contribution < 1.29 is 18.3 Å². The molecule has 0 aliphatic carbocycles. The van der Waals surface area contributed by atoms with Gasteiger partial charge in [-0.25, -0.2) is 23.5 Å². The molecule has 1 aliphatic rings. The number of esters is 1. The summed E-state index contributed by atoms with van der Waals surface area (Å²) >= 11 is 5.75. The number of hydrogen-bond acceptors (Lipinski definition) is 5. The second kappa shape index (κ2) is 6.55. The highest BCUT2D eigenvalue weighted by Gasteiger charge is 2.41. The molecular weight excluding hydrogens is 328 g/mol. The highest BCUT2D eigenvalue weighted by molar-refractivity contribution is 6.21. The lowest BCUT2D eigenvalue weighted by Crippen LogP contribution is -2.31. The average Bonchev–Trinajstić information content (AvgIpc) is 2.57. The molecule has 23 heavy (non-hydrogen) atoms. The van der Waals surface area contributed by atoms with E-state index in [2.05, 4.69) is 9.97 Å². The summed E-state index contributed by atoms with van der Waals surface area (Å²) in [6.07, 6.45) is 2.49. The number of nitrogens with zero attached hydrogens (tertiary/aromatic N) is 3. The van der Waals surface area contributed by atoms with Gasteiger partial charge in [0.15, 0.2) is 11.5 Å². The summed E-state index contributed by atoms with van der Waals surface area (Å²) in [5, 5.41) is -1.23. The van der Waals surface area contributed by atoms with Crippen LogP contribution in [0.2, 0.25) is 0 Å². The van der Waals surface area contributed by atoms with Gasteiger partial charge in [0.05, 0.1) is 5.38 Å². The number of rotatable bonds is 2. The number of hydrogen-bond donors (Lipinski definition) is 0. The molecule has 0 saturated carbocycles. The molecule has 2 rings (SSSR count). The molecule has 1 aliphatic heterocycles. The van der Waals surface area contributed by atoms with E-state index in [4.69, 9.17) is 16.3 Å². The summed E-state index contributed by atoms with van der Waals surface area (Å²) in [5.41, 5.74) is -0.655. The van der Waals surface area contributed by atoms with Crippen LogP contribution in [0.3, 0.4) is 0 Å². The Bertz CT molecular complexity index is 578. The minimum atomic E-state index is -2.94. The molecule has 1 aromatic heterocycles. The molecule has 8 heteroatoms. The fraction of sp³-hybridized carbons (Fsp3) is 0.667. The molecule has 0 amide bonds. The Morgan fingerprint density at radius 2 is 2.00 bits per heavy atom. The van der Waals surface area contributed by atoms with Crippen LogP contribution in [0.1, 0.15) is 44.1 Å². The van der Waals surface area contributed by atoms with Gasteiger partial charge < -0.3 is 9.64 Å². The summed E-state index contributed by atoms with van der Waals surface area (Å²) in [7, 11) is 0. The first-order chi connectivity index (χ1) is 10.6. The van der Waals surface area contributed by atoms with Crippen molar-refractivity contribution in [2.24, 2.45) is 0 Å². The largest absolute Gasteiger partial charge is 0.455 e. The number of halogens is 3. The maximum Gasteiger partial charge on any atom is 0.361 e. The molecule has 2 heterocycles. The molecule has 5 nitrogen and oxygen atoms in total. The van der Waals surface area contributed by atoms with E-state index in [0.29, 0.717) is 0 Å². The maximum absolute atomic E-state index is 13.7. The molecule has 1 aromatic rings. The van der Waals surface area contributed by atoms with Gasteiger partial charge in [0.2, 0.25) is 0 Å². The quantitative estimate of drug-likeness (QED) is 0.607. The van der Waals surface area contributed by atoms with Crippen molar-refractivity contribution in [1.82, 2.24) is 9.97 Å². The van der Waals surface area contributed by atoms with Crippen LogP contribution in [-0.2, 0) is 4.74 Å². The van der Waals surface area contributed by atoms with Crippen LogP contribution in [-0.4, -0.2) is 45.9 Å². The zero-order valence-electron chi connectivity index (χ0n) is 13.4. The Kier molecular flexibility index (Phi) is 5.08. The first-order valence-electron chi connectivity index (χ1n) is 7.41. The highest BCUT2D eigenvalue weighted by atomic mass is 35.5. The standard InChI is InChI=1S/C15H20ClF2N3O2/c1-14(2,3)23-13(22)11-12(20-7-6-19-11)21-8-4-10(16)15(17,18)5-9-21/h6-7,10H,4-5,8-9H2,1-3H3. The first kappa shape index (κ1) is 17.8. The van der Waals surface area contributed by atoms with Gasteiger partial charge in [-0.1, -0.05) is 0 Å². The SMILES string of the molecule is CC(C)(C)OC(=O)c1nccnc1N1CCC(Cl)C(F)(F)CC1. The fourth-order valence-corrected chi connectivity index (χ4v) is 2.48. The van der Waals surface area contributed by atoms with Crippen LogP contribution in [0.4, 0.5) is 14.6 Å². The van der Waals surface area contributed by atoms with Crippen LogP contribution < -0.4 is 4.90 Å². The number of anilines is 1. The van der Waals surface area contributed by atoms with E-state index in [1.54, 1.807) is 25.7 Å². The van der Waals surface area contributed by atoms with Gasteiger partial charge in [-0.2, -0.15) is 0 Å². The molecule has 128 valence electrons. The Balaban J connectivity index is 2.25. The Hall–Kier alpha value is -1.50. The van der Waals surface area contributed by atoms with E-state index in [1.807, 2.05) is 0 Å². The zero-order chi connectivity index (χ0) is 17.3. The third kappa shape index (κ3) is 4.50. The van der Waals surface area contributed by atoms with Gasteiger partial charge in [-0.15, -0.1) is 11.6 Å². The van der Waals surface area contributed by atoms with Crippen LogP contribution in [0.15, 0.2) is 12.4 Å². The minimum Gasteiger partial charge on any atom is -0.455 e. The third-order valence-corrected chi connectivity index (χ3v) is 3.93. The molecule has 0 radical (unpaired) electrons. The second-order valence-electron chi connectivity index (χ2n) is 6.48. The smallest absolute Gasteiger partial charge is 0.361 e. The summed E-state index contributed by atoms with van der Waals surface area (Å²) in [6.45, 7) is 5.55. The van der Waals surface area contributed by atoms with Gasteiger partial charge in [-0.05, 0) is 27.2 Å². The van der Waals surface area contributed by atoms with Crippen molar-refractivity contribution in [2.45, 2.75) is 50.5 Å². The van der Waals surface area contributed by atoms with Crippen molar-refractivity contribution in [2.75, 3.05) is 18.0 Å². The summed E-state index contributed by atoms with van der Waals surface area (Å²) in [5.74, 6) is -3.31. The third-order valence-electron chi connectivity index (χ3n) is 3.40. The number of alkyl halides is 3. The lowest BCUT2D eigenvalue weighted by Gasteiger charge is -2.24. The van der Waals surface area contributed by atoms with E-state index in [1.165, 1.54) is 12.4 Å². The van der Waals surface area contributed by atoms with Crippen LogP contribution in [0.25, 0.3) is 0 Å². The minimum absolute atomic E-state index is 0.0266. The van der Waals surface area contributed by atoms with Crippen LogP contribution in [0.5, 0.6) is 0 Å². The monoisotopic (exact) mass is 347 g/mol. The van der Waals surface area contributed by atoms with E-state index in [9.17, 15) is 13.6 Å². The van der Waals surface area contributed by atoms with Crippen molar-refractivity contribution in [3.05, 3.63) is 18.1 Å². The normalized spacial score (nSPS) is 21.7. The molecule has 0 bridgehead atoms. The van der Waals surface area contributed by atoms with Crippen LogP contribution >= 0.6 is 11.6 Å². The Labute approximate surface area is 139 Å². The topological polar surface area (TPSA) is 55.3 Å². The molecule has 0 spiro atoms. The summed E-state index contributed by atoms with van der Waals surface area (Å²) < 4.78 is 32.8. The van der Waals surface area contributed by atoms with Gasteiger partial charge in [0.1, 0.15) is 5.60 Å². The number of aromatic nitrogens is 2. The number of carbonyl (C=O) groups is 1. The second-order valence-corrected chi connectivity index (χ2v) is 7.01. The lowest BCUT2D eigenvalue weighted by atomic mass is 10.1. The average molecular weight is 348 g/mol. The summed E-state index contributed by atoms with van der Waals surface area (Å²) in [6, 6.07) is 0. The predicted octanol–water partition coefficient (Wildman–Crippen LogP) is 3.27. The number of ether oxygens (including phenoxy) is 1. The molecule has 0 aromatic carbocycles. The number of carbonyl (C=O) groups excluding carboxylic acids is 1. The van der Waals surface area contributed by atoms with Crippen molar-refractivity contribution in [3.63, 3.8) is 0 Å². The van der Waals surface area contributed by atoms with E-state index in [0.717, 1.165) is 0 Å². The van der Waals surface area contributed by atoms with E-state index in [-0.39, 0.29) is 31.0 Å². The predicted molar refractivity (Wildman–Crippen MR) is 83.2 cm³/mol. The van der Waals surface area contributed by atoms with Gasteiger partial charge in [0, 0.05) is 31.9 Å².